The molecule has 0 bridgehead atoms. The van der Waals surface area contributed by atoms with Gasteiger partial charge in [-0.3, -0.25) is 19.3 Å². The van der Waals surface area contributed by atoms with Crippen LogP contribution in [-0.2, 0) is 11.3 Å². The van der Waals surface area contributed by atoms with E-state index in [0.29, 0.717) is 24.3 Å². The summed E-state index contributed by atoms with van der Waals surface area (Å²) >= 11 is 3.40. The van der Waals surface area contributed by atoms with Gasteiger partial charge in [0.25, 0.3) is 17.7 Å². The van der Waals surface area contributed by atoms with Crippen LogP contribution in [0.2, 0.25) is 0 Å². The lowest BCUT2D eigenvalue weighted by Gasteiger charge is -2.18. The third-order valence-electron chi connectivity index (χ3n) is 5.31. The largest absolute Gasteiger partial charge is 0.376 e. The van der Waals surface area contributed by atoms with E-state index in [1.54, 1.807) is 24.1 Å². The predicted molar refractivity (Wildman–Crippen MR) is 111 cm³/mol. The van der Waals surface area contributed by atoms with Gasteiger partial charge < -0.3 is 9.64 Å². The Bertz CT molecular complexity index is 967. The number of hydrogen-bond acceptors (Lipinski definition) is 4. The highest BCUT2D eigenvalue weighted by atomic mass is 79.9. The number of carbonyl (C=O) groups is 3. The number of ether oxygens (including phenoxy) is 1. The van der Waals surface area contributed by atoms with Crippen molar-refractivity contribution >= 4 is 33.7 Å². The zero-order chi connectivity index (χ0) is 20.5. The molecule has 0 aliphatic carbocycles. The molecule has 1 fully saturated rings. The van der Waals surface area contributed by atoms with Crippen LogP contribution in [0.3, 0.4) is 0 Å². The maximum Gasteiger partial charge on any atom is 0.261 e. The molecule has 1 atom stereocenters. The summed E-state index contributed by atoms with van der Waals surface area (Å²) in [7, 11) is 1.72. The second-order valence-electron chi connectivity index (χ2n) is 7.40. The van der Waals surface area contributed by atoms with Crippen molar-refractivity contribution in [3.8, 4) is 0 Å². The highest BCUT2D eigenvalue weighted by molar-refractivity contribution is 9.10. The third kappa shape index (κ3) is 3.97. The molecule has 29 heavy (non-hydrogen) atoms. The second kappa shape index (κ2) is 8.08. The van der Waals surface area contributed by atoms with E-state index in [0.717, 1.165) is 22.9 Å². The first-order valence-electron chi connectivity index (χ1n) is 9.56. The second-order valence-corrected chi connectivity index (χ2v) is 8.32. The van der Waals surface area contributed by atoms with Crippen LogP contribution in [0.5, 0.6) is 0 Å². The average Bonchev–Trinajstić information content (AvgIpc) is 3.32. The van der Waals surface area contributed by atoms with Crippen LogP contribution in [-0.4, -0.2) is 53.8 Å². The number of benzene rings is 2. The molecule has 0 N–H and O–H groups in total. The number of carbonyl (C=O) groups excluding carboxylic acids is 3. The summed E-state index contributed by atoms with van der Waals surface area (Å²) in [5.41, 5.74) is 2.03. The molecular weight excluding hydrogens is 436 g/mol. The molecule has 1 unspecified atom stereocenters. The minimum atomic E-state index is -0.356. The monoisotopic (exact) mass is 456 g/mol. The Morgan fingerprint density at radius 3 is 2.55 bits per heavy atom. The van der Waals surface area contributed by atoms with Crippen molar-refractivity contribution in [1.82, 2.24) is 9.80 Å². The highest BCUT2D eigenvalue weighted by Crippen LogP contribution is 2.26. The molecule has 2 heterocycles. The molecule has 0 spiro atoms. The van der Waals surface area contributed by atoms with Crippen molar-refractivity contribution in [2.24, 2.45) is 0 Å². The molecule has 2 aromatic carbocycles. The smallest absolute Gasteiger partial charge is 0.261 e. The molecule has 6 nitrogen and oxygen atoms in total. The van der Waals surface area contributed by atoms with Gasteiger partial charge in [-0.1, -0.05) is 28.1 Å². The predicted octanol–water partition coefficient (Wildman–Crippen LogP) is 3.50. The number of rotatable bonds is 5. The molecule has 2 aliphatic rings. The lowest BCUT2D eigenvalue weighted by atomic mass is 10.0. The summed E-state index contributed by atoms with van der Waals surface area (Å²) in [5.74, 6) is -0.873. The molecule has 0 aromatic heterocycles. The number of hydrogen-bond donors (Lipinski definition) is 0. The standard InChI is InChI=1S/C22H21BrN2O4/c1-24(12-14-4-7-16(23)8-5-14)20(26)15-6-9-18-19(11-15)22(28)25(21(18)27)13-17-3-2-10-29-17/h4-9,11,17H,2-3,10,12-13H2,1H3. The molecule has 0 radical (unpaired) electrons. The first-order valence-corrected chi connectivity index (χ1v) is 10.3. The van der Waals surface area contributed by atoms with E-state index < -0.39 is 0 Å². The summed E-state index contributed by atoms with van der Waals surface area (Å²) in [5, 5.41) is 0. The van der Waals surface area contributed by atoms with Gasteiger partial charge in [0.05, 0.1) is 23.8 Å². The van der Waals surface area contributed by atoms with E-state index in [2.05, 4.69) is 15.9 Å². The van der Waals surface area contributed by atoms with Crippen molar-refractivity contribution in [2.45, 2.75) is 25.5 Å². The maximum absolute atomic E-state index is 12.9. The van der Waals surface area contributed by atoms with Crippen molar-refractivity contribution in [3.05, 3.63) is 69.2 Å². The van der Waals surface area contributed by atoms with Crippen LogP contribution in [0.4, 0.5) is 0 Å². The molecule has 7 heteroatoms. The third-order valence-corrected chi connectivity index (χ3v) is 5.84. The highest BCUT2D eigenvalue weighted by Gasteiger charge is 2.38. The van der Waals surface area contributed by atoms with Gasteiger partial charge >= 0.3 is 0 Å². The fourth-order valence-electron chi connectivity index (χ4n) is 3.74. The fourth-order valence-corrected chi connectivity index (χ4v) is 4.00. The van der Waals surface area contributed by atoms with E-state index in [1.807, 2.05) is 24.3 Å². The SMILES string of the molecule is CN(Cc1ccc(Br)cc1)C(=O)c1ccc2c(c1)C(=O)N(CC1CCCO1)C2=O. The van der Waals surface area contributed by atoms with Crippen LogP contribution in [0.15, 0.2) is 46.9 Å². The van der Waals surface area contributed by atoms with Crippen LogP contribution < -0.4 is 0 Å². The molecule has 2 aromatic rings. The molecular formula is C22H21BrN2O4. The summed E-state index contributed by atoms with van der Waals surface area (Å²) in [6.07, 6.45) is 1.69. The quantitative estimate of drug-likeness (QED) is 0.645. The number of amides is 3. The van der Waals surface area contributed by atoms with Crippen molar-refractivity contribution in [1.29, 1.82) is 0 Å². The first-order chi connectivity index (χ1) is 13.9. The zero-order valence-corrected chi connectivity index (χ0v) is 17.6. The Balaban J connectivity index is 1.50. The number of imide groups is 1. The van der Waals surface area contributed by atoms with Crippen molar-refractivity contribution < 1.29 is 19.1 Å². The summed E-state index contributed by atoms with van der Waals surface area (Å²) < 4.78 is 6.53. The van der Waals surface area contributed by atoms with Crippen molar-refractivity contribution in [3.63, 3.8) is 0 Å². The molecule has 2 aliphatic heterocycles. The normalized spacial score (nSPS) is 18.3. The number of nitrogens with zero attached hydrogens (tertiary/aromatic N) is 2. The van der Waals surface area contributed by atoms with Crippen LogP contribution in [0.1, 0.15) is 49.5 Å². The Kier molecular flexibility index (Phi) is 5.52. The fraction of sp³-hybridized carbons (Fsp3) is 0.318. The Hall–Kier alpha value is -2.51. The Morgan fingerprint density at radius 1 is 1.14 bits per heavy atom. The van der Waals surface area contributed by atoms with E-state index in [9.17, 15) is 14.4 Å². The first kappa shape index (κ1) is 19.8. The van der Waals surface area contributed by atoms with Crippen molar-refractivity contribution in [2.75, 3.05) is 20.2 Å². The Morgan fingerprint density at radius 2 is 1.86 bits per heavy atom. The zero-order valence-electron chi connectivity index (χ0n) is 16.1. The topological polar surface area (TPSA) is 66.9 Å². The van der Waals surface area contributed by atoms with E-state index in [1.165, 1.54) is 11.0 Å². The van der Waals surface area contributed by atoms with Gasteiger partial charge in [0.15, 0.2) is 0 Å². The number of halogens is 1. The molecule has 150 valence electrons. The molecule has 0 saturated carbocycles. The lowest BCUT2D eigenvalue weighted by molar-refractivity contribution is 0.0475. The Labute approximate surface area is 177 Å². The number of fused-ring (bicyclic) bond motifs is 1. The summed E-state index contributed by atoms with van der Waals surface area (Å²) in [4.78, 5) is 41.1. The minimum absolute atomic E-state index is 0.102. The van der Waals surface area contributed by atoms with Gasteiger partial charge in [0.1, 0.15) is 0 Å². The maximum atomic E-state index is 12.9. The average molecular weight is 457 g/mol. The van der Waals surface area contributed by atoms with Crippen LogP contribution in [0, 0.1) is 0 Å². The van der Waals surface area contributed by atoms with E-state index in [-0.39, 0.29) is 35.9 Å². The molecule has 3 amide bonds. The van der Waals surface area contributed by atoms with Gasteiger partial charge in [-0.2, -0.15) is 0 Å². The minimum Gasteiger partial charge on any atom is -0.376 e. The summed E-state index contributed by atoms with van der Waals surface area (Å²) in [6.45, 7) is 1.37. The van der Waals surface area contributed by atoms with Gasteiger partial charge in [-0.25, -0.2) is 0 Å². The molecule has 1 saturated heterocycles. The lowest BCUT2D eigenvalue weighted by Crippen LogP contribution is -2.36. The van der Waals surface area contributed by atoms with Gasteiger partial charge in [-0.05, 0) is 48.7 Å². The van der Waals surface area contributed by atoms with Crippen LogP contribution in [0.25, 0.3) is 0 Å². The molecule has 4 rings (SSSR count). The van der Waals surface area contributed by atoms with E-state index >= 15 is 0 Å². The van der Waals surface area contributed by atoms with Crippen LogP contribution >= 0.6 is 15.9 Å². The summed E-state index contributed by atoms with van der Waals surface area (Å²) in [6, 6.07) is 12.5. The van der Waals surface area contributed by atoms with E-state index in [4.69, 9.17) is 4.74 Å². The van der Waals surface area contributed by atoms with Gasteiger partial charge in [-0.15, -0.1) is 0 Å². The van der Waals surface area contributed by atoms with Gasteiger partial charge in [0.2, 0.25) is 0 Å². The van der Waals surface area contributed by atoms with Gasteiger partial charge in [0, 0.05) is 30.2 Å².